The van der Waals surface area contributed by atoms with E-state index in [2.05, 4.69) is 10.1 Å². The third kappa shape index (κ3) is 3.55. The summed E-state index contributed by atoms with van der Waals surface area (Å²) in [5.74, 6) is -0.658. The number of halogens is 1. The summed E-state index contributed by atoms with van der Waals surface area (Å²) < 4.78 is 4.45. The van der Waals surface area contributed by atoms with Crippen LogP contribution in [0.1, 0.15) is 16.8 Å². The van der Waals surface area contributed by atoms with Crippen LogP contribution in [0.15, 0.2) is 24.3 Å². The second-order valence-electron chi connectivity index (χ2n) is 3.06. The summed E-state index contributed by atoms with van der Waals surface area (Å²) in [5, 5.41) is 2.97. The van der Waals surface area contributed by atoms with E-state index in [1.54, 1.807) is 24.3 Å². The van der Waals surface area contributed by atoms with Crippen molar-refractivity contribution in [2.75, 3.05) is 13.7 Å². The molecule has 0 heterocycles. The SMILES string of the molecule is COC(=O)CCNC(=O)c1ccccc1Cl. The zero-order valence-electron chi connectivity index (χ0n) is 8.83. The lowest BCUT2D eigenvalue weighted by molar-refractivity contribution is -0.140. The van der Waals surface area contributed by atoms with Crippen molar-refractivity contribution < 1.29 is 14.3 Å². The van der Waals surface area contributed by atoms with Crippen molar-refractivity contribution in [2.45, 2.75) is 6.42 Å². The summed E-state index contributed by atoms with van der Waals surface area (Å²) in [6, 6.07) is 6.72. The first kappa shape index (κ1) is 12.5. The second kappa shape index (κ2) is 6.12. The van der Waals surface area contributed by atoms with E-state index in [9.17, 15) is 9.59 Å². The molecule has 0 saturated heterocycles. The molecule has 16 heavy (non-hydrogen) atoms. The maximum absolute atomic E-state index is 11.6. The van der Waals surface area contributed by atoms with Crippen LogP contribution in [-0.4, -0.2) is 25.5 Å². The molecule has 0 aromatic heterocycles. The van der Waals surface area contributed by atoms with Crippen LogP contribution in [0, 0.1) is 0 Å². The van der Waals surface area contributed by atoms with Crippen LogP contribution in [0.5, 0.6) is 0 Å². The maximum atomic E-state index is 11.6. The fourth-order valence-electron chi connectivity index (χ4n) is 1.12. The van der Waals surface area contributed by atoms with E-state index in [0.717, 1.165) is 0 Å². The fraction of sp³-hybridized carbons (Fsp3) is 0.273. The molecule has 1 aromatic rings. The average molecular weight is 242 g/mol. The zero-order valence-corrected chi connectivity index (χ0v) is 9.58. The van der Waals surface area contributed by atoms with E-state index in [-0.39, 0.29) is 24.8 Å². The van der Waals surface area contributed by atoms with Gasteiger partial charge < -0.3 is 10.1 Å². The molecule has 1 aromatic carbocycles. The molecule has 1 N–H and O–H groups in total. The molecule has 0 spiro atoms. The van der Waals surface area contributed by atoms with Crippen LogP contribution in [-0.2, 0) is 9.53 Å². The van der Waals surface area contributed by atoms with E-state index in [4.69, 9.17) is 11.6 Å². The molecule has 0 saturated carbocycles. The predicted octanol–water partition coefficient (Wildman–Crippen LogP) is 1.63. The van der Waals surface area contributed by atoms with Crippen molar-refractivity contribution in [1.29, 1.82) is 0 Å². The maximum Gasteiger partial charge on any atom is 0.307 e. The lowest BCUT2D eigenvalue weighted by Gasteiger charge is -2.05. The summed E-state index contributed by atoms with van der Waals surface area (Å²) >= 11 is 5.84. The molecule has 1 amide bonds. The number of carbonyl (C=O) groups is 2. The minimum absolute atomic E-state index is 0.146. The molecule has 0 unspecified atom stereocenters. The van der Waals surface area contributed by atoms with E-state index in [1.807, 2.05) is 0 Å². The monoisotopic (exact) mass is 241 g/mol. The molecule has 0 aliphatic carbocycles. The highest BCUT2D eigenvalue weighted by Crippen LogP contribution is 2.14. The fourth-order valence-corrected chi connectivity index (χ4v) is 1.34. The van der Waals surface area contributed by atoms with Crippen LogP contribution in [0.25, 0.3) is 0 Å². The molecule has 86 valence electrons. The molecule has 5 heteroatoms. The summed E-state index contributed by atoms with van der Waals surface area (Å²) in [6.45, 7) is 0.233. The Morgan fingerprint density at radius 3 is 2.69 bits per heavy atom. The van der Waals surface area contributed by atoms with Crippen molar-refractivity contribution in [3.8, 4) is 0 Å². The largest absolute Gasteiger partial charge is 0.469 e. The van der Waals surface area contributed by atoms with Crippen molar-refractivity contribution in [3.05, 3.63) is 34.9 Å². The van der Waals surface area contributed by atoms with Gasteiger partial charge in [0.05, 0.1) is 24.1 Å². The molecule has 0 aliphatic rings. The number of methoxy groups -OCH3 is 1. The van der Waals surface area contributed by atoms with E-state index < -0.39 is 0 Å². The van der Waals surface area contributed by atoms with Gasteiger partial charge in [-0.05, 0) is 12.1 Å². The molecule has 1 rings (SSSR count). The first-order valence-corrected chi connectivity index (χ1v) is 5.12. The van der Waals surface area contributed by atoms with Gasteiger partial charge in [-0.1, -0.05) is 23.7 Å². The molecule has 0 fully saturated rings. The highest BCUT2D eigenvalue weighted by Gasteiger charge is 2.09. The third-order valence-corrected chi connectivity index (χ3v) is 2.29. The second-order valence-corrected chi connectivity index (χ2v) is 3.47. The summed E-state index contributed by atoms with van der Waals surface area (Å²) in [6.07, 6.45) is 0.146. The Hall–Kier alpha value is -1.55. The first-order valence-electron chi connectivity index (χ1n) is 4.74. The zero-order chi connectivity index (χ0) is 12.0. The third-order valence-electron chi connectivity index (χ3n) is 1.96. The van der Waals surface area contributed by atoms with Crippen molar-refractivity contribution >= 4 is 23.5 Å². The minimum atomic E-state index is -0.362. The highest BCUT2D eigenvalue weighted by molar-refractivity contribution is 6.33. The molecular formula is C11H12ClNO3. The number of benzene rings is 1. The van der Waals surface area contributed by atoms with Crippen molar-refractivity contribution in [1.82, 2.24) is 5.32 Å². The van der Waals surface area contributed by atoms with Crippen LogP contribution < -0.4 is 5.32 Å². The Kier molecular flexibility index (Phi) is 4.79. The number of amides is 1. The van der Waals surface area contributed by atoms with Gasteiger partial charge in [0.2, 0.25) is 0 Å². The summed E-state index contributed by atoms with van der Waals surface area (Å²) in [4.78, 5) is 22.4. The number of carbonyl (C=O) groups excluding carboxylic acids is 2. The molecule has 0 radical (unpaired) electrons. The van der Waals surface area contributed by atoms with E-state index >= 15 is 0 Å². The molecule has 0 bridgehead atoms. The lowest BCUT2D eigenvalue weighted by atomic mass is 10.2. The summed E-state index contributed by atoms with van der Waals surface area (Å²) in [5.41, 5.74) is 0.397. The average Bonchev–Trinajstić information content (AvgIpc) is 2.29. The Bertz CT molecular complexity index is 393. The Balaban J connectivity index is 2.47. The predicted molar refractivity (Wildman–Crippen MR) is 60.4 cm³/mol. The van der Waals surface area contributed by atoms with Gasteiger partial charge in [-0.25, -0.2) is 0 Å². The Morgan fingerprint density at radius 1 is 1.38 bits per heavy atom. The van der Waals surface area contributed by atoms with Crippen LogP contribution >= 0.6 is 11.6 Å². The molecule has 0 aliphatic heterocycles. The minimum Gasteiger partial charge on any atom is -0.469 e. The number of esters is 1. The molecule has 0 atom stereocenters. The van der Waals surface area contributed by atoms with Crippen LogP contribution in [0.4, 0.5) is 0 Å². The van der Waals surface area contributed by atoms with Gasteiger partial charge in [-0.2, -0.15) is 0 Å². The van der Waals surface area contributed by atoms with Crippen LogP contribution in [0.3, 0.4) is 0 Å². The Labute approximate surface area is 98.5 Å². The van der Waals surface area contributed by atoms with Gasteiger partial charge in [-0.3, -0.25) is 9.59 Å². The van der Waals surface area contributed by atoms with Crippen molar-refractivity contribution in [3.63, 3.8) is 0 Å². The van der Waals surface area contributed by atoms with Crippen LogP contribution in [0.2, 0.25) is 5.02 Å². The number of ether oxygens (including phenoxy) is 1. The number of hydrogen-bond donors (Lipinski definition) is 1. The lowest BCUT2D eigenvalue weighted by Crippen LogP contribution is -2.26. The molecule has 4 nitrogen and oxygen atoms in total. The summed E-state index contributed by atoms with van der Waals surface area (Å²) in [7, 11) is 1.30. The highest BCUT2D eigenvalue weighted by atomic mass is 35.5. The van der Waals surface area contributed by atoms with E-state index in [0.29, 0.717) is 10.6 Å². The van der Waals surface area contributed by atoms with Crippen molar-refractivity contribution in [2.24, 2.45) is 0 Å². The number of rotatable bonds is 4. The van der Waals surface area contributed by atoms with Gasteiger partial charge in [0.25, 0.3) is 5.91 Å². The topological polar surface area (TPSA) is 55.4 Å². The van der Waals surface area contributed by atoms with Gasteiger partial charge in [-0.15, -0.1) is 0 Å². The normalized spacial score (nSPS) is 9.62. The van der Waals surface area contributed by atoms with Gasteiger partial charge in [0.1, 0.15) is 0 Å². The number of nitrogens with one attached hydrogen (secondary N) is 1. The van der Waals surface area contributed by atoms with Gasteiger partial charge in [0, 0.05) is 6.54 Å². The first-order chi connectivity index (χ1) is 7.65. The standard InChI is InChI=1S/C11H12ClNO3/c1-16-10(14)6-7-13-11(15)8-4-2-3-5-9(8)12/h2-5H,6-7H2,1H3,(H,13,15). The number of hydrogen-bond acceptors (Lipinski definition) is 3. The Morgan fingerprint density at radius 2 is 2.06 bits per heavy atom. The van der Waals surface area contributed by atoms with Gasteiger partial charge >= 0.3 is 5.97 Å². The quantitative estimate of drug-likeness (QED) is 0.816. The van der Waals surface area contributed by atoms with Gasteiger partial charge in [0.15, 0.2) is 0 Å². The smallest absolute Gasteiger partial charge is 0.307 e. The van der Waals surface area contributed by atoms with E-state index in [1.165, 1.54) is 7.11 Å². The molecular weight excluding hydrogens is 230 g/mol.